The van der Waals surface area contributed by atoms with Gasteiger partial charge in [-0.25, -0.2) is 0 Å². The molecule has 0 aliphatic carbocycles. The fourth-order valence-corrected chi connectivity index (χ4v) is 0.355. The molecule has 4 heteroatoms. The van der Waals surface area contributed by atoms with Crippen LogP contribution < -0.4 is 0 Å². The first-order valence-corrected chi connectivity index (χ1v) is 2.99. The van der Waals surface area contributed by atoms with Crippen molar-refractivity contribution in [3.05, 3.63) is 0 Å². The van der Waals surface area contributed by atoms with Gasteiger partial charge in [-0.1, -0.05) is 0 Å². The molecule has 0 atom stereocenters. The van der Waals surface area contributed by atoms with Crippen LogP contribution in [0.3, 0.4) is 0 Å². The largest absolute Gasteiger partial charge is 0.359 e. The fraction of sp³-hybridized carbons (Fsp3) is 0.800. The van der Waals surface area contributed by atoms with Crippen molar-refractivity contribution in [2.45, 2.75) is 0 Å². The molecule has 0 aromatic rings. The van der Waals surface area contributed by atoms with E-state index in [1.165, 1.54) is 7.11 Å². The second-order valence-electron chi connectivity index (χ2n) is 1.43. The Labute approximate surface area is 58.9 Å². The van der Waals surface area contributed by atoms with E-state index in [0.29, 0.717) is 0 Å². The Hall–Kier alpha value is -0.120. The number of Topliss-reactive ketones (excluding diaryl/α,β-unsaturated/α-hetero) is 1. The van der Waals surface area contributed by atoms with Crippen LogP contribution >= 0.6 is 11.6 Å². The number of rotatable bonds is 5. The molecular formula is C5H9ClO3. The Balaban J connectivity index is 2.97. The maximum Gasteiger partial charge on any atom is 0.173 e. The van der Waals surface area contributed by atoms with E-state index in [1.54, 1.807) is 0 Å². The first-order valence-electron chi connectivity index (χ1n) is 2.45. The van der Waals surface area contributed by atoms with E-state index in [0.717, 1.165) is 0 Å². The highest BCUT2D eigenvalue weighted by molar-refractivity contribution is 6.27. The topological polar surface area (TPSA) is 35.5 Å². The summed E-state index contributed by atoms with van der Waals surface area (Å²) >= 11 is 5.16. The van der Waals surface area contributed by atoms with Gasteiger partial charge < -0.3 is 9.47 Å². The molecule has 0 spiro atoms. The Morgan fingerprint density at radius 1 is 1.67 bits per heavy atom. The van der Waals surface area contributed by atoms with E-state index >= 15 is 0 Å². The average Bonchev–Trinajstić information content (AvgIpc) is 1.89. The molecule has 0 rings (SSSR count). The van der Waals surface area contributed by atoms with Gasteiger partial charge >= 0.3 is 0 Å². The highest BCUT2D eigenvalue weighted by atomic mass is 35.5. The number of carbonyl (C=O) groups excluding carboxylic acids is 1. The van der Waals surface area contributed by atoms with E-state index in [-0.39, 0.29) is 25.1 Å². The van der Waals surface area contributed by atoms with Crippen LogP contribution in [0.4, 0.5) is 0 Å². The molecule has 0 unspecified atom stereocenters. The van der Waals surface area contributed by atoms with Crippen molar-refractivity contribution in [2.75, 3.05) is 26.4 Å². The summed E-state index contributed by atoms with van der Waals surface area (Å²) in [5.74, 6) is -0.127. The minimum absolute atomic E-state index is 0.00368. The van der Waals surface area contributed by atoms with Crippen molar-refractivity contribution in [1.29, 1.82) is 0 Å². The highest BCUT2D eigenvalue weighted by Crippen LogP contribution is 1.81. The van der Waals surface area contributed by atoms with Gasteiger partial charge in [0.15, 0.2) is 5.78 Å². The number of carbonyl (C=O) groups is 1. The van der Waals surface area contributed by atoms with E-state index in [1.807, 2.05) is 0 Å². The second kappa shape index (κ2) is 6.01. The van der Waals surface area contributed by atoms with Gasteiger partial charge in [0.2, 0.25) is 0 Å². The van der Waals surface area contributed by atoms with Crippen molar-refractivity contribution >= 4 is 17.4 Å². The summed E-state index contributed by atoms with van der Waals surface area (Å²) in [5, 5.41) is 0. The van der Waals surface area contributed by atoms with Gasteiger partial charge in [-0.15, -0.1) is 11.6 Å². The molecule has 0 aromatic heterocycles. The van der Waals surface area contributed by atoms with Crippen LogP contribution in [0, 0.1) is 0 Å². The van der Waals surface area contributed by atoms with Crippen LogP contribution in [0.5, 0.6) is 0 Å². The molecule has 54 valence electrons. The number of alkyl halides is 1. The van der Waals surface area contributed by atoms with Crippen LogP contribution in [-0.2, 0) is 14.3 Å². The Morgan fingerprint density at radius 3 is 2.78 bits per heavy atom. The van der Waals surface area contributed by atoms with Gasteiger partial charge in [0.05, 0.1) is 5.88 Å². The predicted octanol–water partition coefficient (Wildman–Crippen LogP) is 0.415. The molecule has 0 saturated heterocycles. The van der Waals surface area contributed by atoms with Gasteiger partial charge in [-0.2, -0.15) is 0 Å². The normalized spacial score (nSPS) is 9.56. The molecule has 0 bridgehead atoms. The molecule has 3 nitrogen and oxygen atoms in total. The predicted molar refractivity (Wildman–Crippen MR) is 33.6 cm³/mol. The maximum absolute atomic E-state index is 10.4. The summed E-state index contributed by atoms with van der Waals surface area (Å²) in [6.07, 6.45) is 0. The molecular weight excluding hydrogens is 144 g/mol. The van der Waals surface area contributed by atoms with Crippen LogP contribution in [0.15, 0.2) is 0 Å². The molecule has 0 fully saturated rings. The van der Waals surface area contributed by atoms with Crippen molar-refractivity contribution in [1.82, 2.24) is 0 Å². The van der Waals surface area contributed by atoms with Gasteiger partial charge in [0.1, 0.15) is 13.4 Å². The monoisotopic (exact) mass is 152 g/mol. The zero-order chi connectivity index (χ0) is 7.11. The summed E-state index contributed by atoms with van der Waals surface area (Å²) in [7, 11) is 1.49. The molecule has 0 N–H and O–H groups in total. The molecule has 0 aliphatic heterocycles. The minimum atomic E-state index is -0.131. The van der Waals surface area contributed by atoms with E-state index in [9.17, 15) is 4.79 Å². The number of ketones is 1. The number of halogens is 1. The summed E-state index contributed by atoms with van der Waals surface area (Å²) in [6.45, 7) is 0.181. The summed E-state index contributed by atoms with van der Waals surface area (Å²) in [6, 6.07) is 0. The minimum Gasteiger partial charge on any atom is -0.359 e. The summed E-state index contributed by atoms with van der Waals surface area (Å²) in [5.41, 5.74) is 0. The summed E-state index contributed by atoms with van der Waals surface area (Å²) in [4.78, 5) is 10.4. The molecule has 0 heterocycles. The van der Waals surface area contributed by atoms with Crippen molar-refractivity contribution in [2.24, 2.45) is 0 Å². The number of hydrogen-bond acceptors (Lipinski definition) is 3. The second-order valence-corrected chi connectivity index (χ2v) is 1.69. The van der Waals surface area contributed by atoms with E-state index in [4.69, 9.17) is 11.6 Å². The third-order valence-corrected chi connectivity index (χ3v) is 0.911. The quantitative estimate of drug-likeness (QED) is 0.325. The smallest absolute Gasteiger partial charge is 0.173 e. The first-order chi connectivity index (χ1) is 4.31. The first kappa shape index (κ1) is 8.88. The lowest BCUT2D eigenvalue weighted by molar-refractivity contribution is -0.125. The number of ether oxygens (including phenoxy) is 2. The molecule has 0 radical (unpaired) electrons. The number of hydrogen-bond donors (Lipinski definition) is 0. The fourth-order valence-electron chi connectivity index (χ4n) is 0.277. The molecule has 0 amide bonds. The average molecular weight is 153 g/mol. The summed E-state index contributed by atoms with van der Waals surface area (Å²) < 4.78 is 9.20. The molecule has 0 aromatic carbocycles. The van der Waals surface area contributed by atoms with Crippen LogP contribution in [0.2, 0.25) is 0 Å². The number of methoxy groups -OCH3 is 1. The SMILES string of the molecule is COCOCC(=O)CCl. The van der Waals surface area contributed by atoms with Gasteiger partial charge in [-0.05, 0) is 0 Å². The maximum atomic E-state index is 10.4. The lowest BCUT2D eigenvalue weighted by Gasteiger charge is -1.97. The van der Waals surface area contributed by atoms with Crippen molar-refractivity contribution in [3.8, 4) is 0 Å². The molecule has 0 saturated carbocycles. The lowest BCUT2D eigenvalue weighted by Crippen LogP contribution is -2.10. The van der Waals surface area contributed by atoms with Crippen LogP contribution in [-0.4, -0.2) is 32.2 Å². The Kier molecular flexibility index (Phi) is 5.93. The third-order valence-electron chi connectivity index (χ3n) is 0.613. The van der Waals surface area contributed by atoms with Crippen LogP contribution in [0.1, 0.15) is 0 Å². The van der Waals surface area contributed by atoms with E-state index < -0.39 is 0 Å². The molecule has 9 heavy (non-hydrogen) atoms. The van der Waals surface area contributed by atoms with E-state index in [2.05, 4.69) is 9.47 Å². The Bertz CT molecular complexity index is 84.3. The highest BCUT2D eigenvalue weighted by Gasteiger charge is 1.96. The zero-order valence-corrected chi connectivity index (χ0v) is 5.98. The van der Waals surface area contributed by atoms with Crippen LogP contribution in [0.25, 0.3) is 0 Å². The van der Waals surface area contributed by atoms with Gasteiger partial charge in [0, 0.05) is 7.11 Å². The zero-order valence-electron chi connectivity index (χ0n) is 5.22. The standard InChI is InChI=1S/C5H9ClO3/c1-8-4-9-3-5(7)2-6/h2-4H2,1H3. The Morgan fingerprint density at radius 2 is 2.33 bits per heavy atom. The lowest BCUT2D eigenvalue weighted by atomic mass is 10.5. The molecule has 0 aliphatic rings. The van der Waals surface area contributed by atoms with Crippen molar-refractivity contribution < 1.29 is 14.3 Å². The van der Waals surface area contributed by atoms with Crippen molar-refractivity contribution in [3.63, 3.8) is 0 Å². The third kappa shape index (κ3) is 5.76. The van der Waals surface area contributed by atoms with Gasteiger partial charge in [0.25, 0.3) is 0 Å². The van der Waals surface area contributed by atoms with Gasteiger partial charge in [-0.3, -0.25) is 4.79 Å².